The lowest BCUT2D eigenvalue weighted by atomic mass is 10.2. The average Bonchev–Trinajstić information content (AvgIpc) is 2.32. The number of anilines is 2. The fourth-order valence-electron chi connectivity index (χ4n) is 1.39. The third kappa shape index (κ3) is 2.76. The van der Waals surface area contributed by atoms with Crippen LogP contribution >= 0.6 is 0 Å². The van der Waals surface area contributed by atoms with Gasteiger partial charge in [-0.25, -0.2) is 14.4 Å². The van der Waals surface area contributed by atoms with Crippen molar-refractivity contribution in [2.45, 2.75) is 13.5 Å². The zero-order chi connectivity index (χ0) is 12.3. The molecule has 17 heavy (non-hydrogen) atoms. The van der Waals surface area contributed by atoms with E-state index < -0.39 is 0 Å². The smallest absolute Gasteiger partial charge is 0.139 e. The van der Waals surface area contributed by atoms with E-state index in [0.717, 1.165) is 0 Å². The van der Waals surface area contributed by atoms with Gasteiger partial charge in [-0.2, -0.15) is 0 Å². The highest BCUT2D eigenvalue weighted by Crippen LogP contribution is 2.18. The highest BCUT2D eigenvalue weighted by atomic mass is 19.1. The molecule has 0 aliphatic heterocycles. The number of hydrogen-bond acceptors (Lipinski definition) is 4. The summed E-state index contributed by atoms with van der Waals surface area (Å²) < 4.78 is 12.7. The third-order valence-electron chi connectivity index (χ3n) is 2.26. The molecule has 0 bridgehead atoms. The summed E-state index contributed by atoms with van der Waals surface area (Å²) >= 11 is 0. The highest BCUT2D eigenvalue weighted by molar-refractivity contribution is 5.58. The van der Waals surface area contributed by atoms with Crippen molar-refractivity contribution < 1.29 is 9.50 Å². The fourth-order valence-corrected chi connectivity index (χ4v) is 1.39. The molecule has 0 atom stereocenters. The zero-order valence-electron chi connectivity index (χ0n) is 9.31. The summed E-state index contributed by atoms with van der Waals surface area (Å²) in [6, 6.07) is 5.92. The van der Waals surface area contributed by atoms with Gasteiger partial charge in [0.25, 0.3) is 0 Å². The van der Waals surface area contributed by atoms with Gasteiger partial charge in [0.15, 0.2) is 0 Å². The predicted octanol–water partition coefficient (Wildman–Crippen LogP) is 2.16. The monoisotopic (exact) mass is 233 g/mol. The van der Waals surface area contributed by atoms with E-state index in [2.05, 4.69) is 15.3 Å². The van der Waals surface area contributed by atoms with Crippen molar-refractivity contribution in [2.24, 2.45) is 0 Å². The van der Waals surface area contributed by atoms with Gasteiger partial charge >= 0.3 is 0 Å². The Kier molecular flexibility index (Phi) is 3.30. The molecule has 0 amide bonds. The van der Waals surface area contributed by atoms with Gasteiger partial charge < -0.3 is 10.4 Å². The summed E-state index contributed by atoms with van der Waals surface area (Å²) in [6.45, 7) is 1.61. The average molecular weight is 233 g/mol. The number of hydrogen-bond donors (Lipinski definition) is 2. The van der Waals surface area contributed by atoms with Crippen LogP contribution in [0.2, 0.25) is 0 Å². The Bertz CT molecular complexity index is 514. The first-order chi connectivity index (χ1) is 8.19. The number of rotatable bonds is 3. The first-order valence-corrected chi connectivity index (χ1v) is 5.15. The van der Waals surface area contributed by atoms with E-state index in [4.69, 9.17) is 5.11 Å². The van der Waals surface area contributed by atoms with E-state index in [-0.39, 0.29) is 12.4 Å². The van der Waals surface area contributed by atoms with Crippen LogP contribution in [0.4, 0.5) is 15.9 Å². The summed E-state index contributed by atoms with van der Waals surface area (Å²) in [6.07, 6.45) is 1.56. The molecule has 0 aliphatic carbocycles. The summed E-state index contributed by atoms with van der Waals surface area (Å²) in [5.41, 5.74) is 1.30. The number of halogens is 1. The SMILES string of the molecule is Cc1ncc(CO)c(Nc2ccc(F)cc2)n1. The second-order valence-corrected chi connectivity index (χ2v) is 3.58. The number of aliphatic hydroxyl groups is 1. The van der Waals surface area contributed by atoms with Crippen LogP contribution in [-0.4, -0.2) is 15.1 Å². The van der Waals surface area contributed by atoms with E-state index in [1.165, 1.54) is 12.1 Å². The van der Waals surface area contributed by atoms with Crippen LogP contribution in [0, 0.1) is 12.7 Å². The molecule has 2 rings (SSSR count). The molecule has 2 aromatic rings. The van der Waals surface area contributed by atoms with Crippen molar-refractivity contribution in [3.05, 3.63) is 47.7 Å². The standard InChI is InChI=1S/C12H12FN3O/c1-8-14-6-9(7-17)12(15-8)16-11-4-2-10(13)3-5-11/h2-6,17H,7H2,1H3,(H,14,15,16). The molecule has 0 unspecified atom stereocenters. The zero-order valence-corrected chi connectivity index (χ0v) is 9.31. The molecule has 88 valence electrons. The van der Waals surface area contributed by atoms with Crippen LogP contribution in [0.3, 0.4) is 0 Å². The molecule has 0 fully saturated rings. The molecular weight excluding hydrogens is 221 g/mol. The van der Waals surface area contributed by atoms with Crippen molar-refractivity contribution in [2.75, 3.05) is 5.32 Å². The Morgan fingerprint density at radius 2 is 2.00 bits per heavy atom. The van der Waals surface area contributed by atoms with Crippen LogP contribution in [0.1, 0.15) is 11.4 Å². The lowest BCUT2D eigenvalue weighted by molar-refractivity contribution is 0.281. The maximum Gasteiger partial charge on any atom is 0.139 e. The second-order valence-electron chi connectivity index (χ2n) is 3.58. The van der Waals surface area contributed by atoms with Gasteiger partial charge in [0.05, 0.1) is 6.61 Å². The molecule has 1 aromatic carbocycles. The topological polar surface area (TPSA) is 58.0 Å². The minimum atomic E-state index is -0.295. The third-order valence-corrected chi connectivity index (χ3v) is 2.26. The van der Waals surface area contributed by atoms with Crippen LogP contribution < -0.4 is 5.32 Å². The van der Waals surface area contributed by atoms with Crippen LogP contribution in [0.15, 0.2) is 30.5 Å². The largest absolute Gasteiger partial charge is 0.391 e. The molecule has 2 N–H and O–H groups in total. The molecule has 0 aliphatic rings. The number of aromatic nitrogens is 2. The second kappa shape index (κ2) is 4.88. The molecule has 5 heteroatoms. The van der Waals surface area contributed by atoms with E-state index in [1.54, 1.807) is 25.3 Å². The van der Waals surface area contributed by atoms with Crippen molar-refractivity contribution in [1.82, 2.24) is 9.97 Å². The number of nitrogens with one attached hydrogen (secondary N) is 1. The number of nitrogens with zero attached hydrogens (tertiary/aromatic N) is 2. The van der Waals surface area contributed by atoms with Crippen LogP contribution in [0.25, 0.3) is 0 Å². The minimum absolute atomic E-state index is 0.149. The number of benzene rings is 1. The van der Waals surface area contributed by atoms with Gasteiger partial charge in [-0.1, -0.05) is 0 Å². The Hall–Kier alpha value is -2.01. The van der Waals surface area contributed by atoms with Crippen molar-refractivity contribution in [1.29, 1.82) is 0 Å². The minimum Gasteiger partial charge on any atom is -0.391 e. The molecule has 0 radical (unpaired) electrons. The summed E-state index contributed by atoms with van der Waals surface area (Å²) in [5, 5.41) is 12.2. The van der Waals surface area contributed by atoms with Gasteiger partial charge in [0.1, 0.15) is 17.5 Å². The molecule has 0 saturated carbocycles. The highest BCUT2D eigenvalue weighted by Gasteiger charge is 2.05. The van der Waals surface area contributed by atoms with E-state index >= 15 is 0 Å². The quantitative estimate of drug-likeness (QED) is 0.852. The van der Waals surface area contributed by atoms with E-state index in [9.17, 15) is 4.39 Å². The normalized spacial score (nSPS) is 10.3. The van der Waals surface area contributed by atoms with Crippen molar-refractivity contribution in [3.8, 4) is 0 Å². The Balaban J connectivity index is 2.28. The Labute approximate surface area is 98.2 Å². The lowest BCUT2D eigenvalue weighted by Gasteiger charge is -2.09. The number of aliphatic hydroxyl groups excluding tert-OH is 1. The summed E-state index contributed by atoms with van der Waals surface area (Å²) in [5.74, 6) is 0.843. The van der Waals surface area contributed by atoms with E-state index in [0.29, 0.717) is 22.9 Å². The van der Waals surface area contributed by atoms with Gasteiger partial charge in [-0.15, -0.1) is 0 Å². The lowest BCUT2D eigenvalue weighted by Crippen LogP contribution is -2.02. The first kappa shape index (κ1) is 11.5. The first-order valence-electron chi connectivity index (χ1n) is 5.15. The maximum atomic E-state index is 12.7. The van der Waals surface area contributed by atoms with E-state index in [1.807, 2.05) is 0 Å². The van der Waals surface area contributed by atoms with Crippen molar-refractivity contribution in [3.63, 3.8) is 0 Å². The Morgan fingerprint density at radius 1 is 1.29 bits per heavy atom. The van der Waals surface area contributed by atoms with Crippen molar-refractivity contribution >= 4 is 11.5 Å². The van der Waals surface area contributed by atoms with Crippen LogP contribution in [0.5, 0.6) is 0 Å². The van der Waals surface area contributed by atoms with Gasteiger partial charge in [-0.05, 0) is 31.2 Å². The van der Waals surface area contributed by atoms with Gasteiger partial charge in [0, 0.05) is 17.4 Å². The van der Waals surface area contributed by atoms with Crippen LogP contribution in [-0.2, 0) is 6.61 Å². The molecule has 4 nitrogen and oxygen atoms in total. The van der Waals surface area contributed by atoms with Gasteiger partial charge in [0.2, 0.25) is 0 Å². The Morgan fingerprint density at radius 3 is 2.65 bits per heavy atom. The van der Waals surface area contributed by atoms with Gasteiger partial charge in [-0.3, -0.25) is 0 Å². The molecule has 0 spiro atoms. The maximum absolute atomic E-state index is 12.7. The molecule has 0 saturated heterocycles. The fraction of sp³-hybridized carbons (Fsp3) is 0.167. The molecule has 1 aromatic heterocycles. The number of aryl methyl sites for hydroxylation is 1. The summed E-state index contributed by atoms with van der Waals surface area (Å²) in [4.78, 5) is 8.18. The summed E-state index contributed by atoms with van der Waals surface area (Å²) in [7, 11) is 0. The molecule has 1 heterocycles. The molecular formula is C12H12FN3O. The predicted molar refractivity (Wildman–Crippen MR) is 62.4 cm³/mol.